The number of halogens is 2. The average Bonchev–Trinajstić information content (AvgIpc) is 3.15. The van der Waals surface area contributed by atoms with Crippen molar-refractivity contribution >= 4 is 34.1 Å². The molecule has 2 aromatic heterocycles. The molecule has 4 aromatic rings. The zero-order valence-electron chi connectivity index (χ0n) is 14.7. The first kappa shape index (κ1) is 18.5. The number of nitrogen functional groups attached to an aromatic ring is 1. The summed E-state index contributed by atoms with van der Waals surface area (Å²) in [7, 11) is 0. The van der Waals surface area contributed by atoms with Gasteiger partial charge in [-0.25, -0.2) is 9.37 Å². The van der Waals surface area contributed by atoms with Gasteiger partial charge in [0.25, 0.3) is 0 Å². The van der Waals surface area contributed by atoms with E-state index < -0.39 is 11.6 Å². The maximum Gasteiger partial charge on any atom is 0.196 e. The van der Waals surface area contributed by atoms with Crippen molar-refractivity contribution in [2.75, 3.05) is 5.73 Å². The second kappa shape index (κ2) is 7.26. The van der Waals surface area contributed by atoms with Crippen molar-refractivity contribution in [3.05, 3.63) is 82.4 Å². The third-order valence-electron chi connectivity index (χ3n) is 4.36. The Bertz CT molecular complexity index is 1310. The highest BCUT2D eigenvalue weighted by molar-refractivity contribution is 6.35. The number of ketones is 1. The molecule has 0 aliphatic heterocycles. The molecule has 0 aliphatic rings. The maximum atomic E-state index is 13.8. The molecule has 0 atom stereocenters. The molecule has 0 fully saturated rings. The number of nitrogens with two attached hydrogens (primary N) is 1. The Hall–Kier alpha value is -3.89. The molecule has 0 saturated heterocycles. The van der Waals surface area contributed by atoms with Crippen LogP contribution in [0.3, 0.4) is 0 Å². The number of hydrogen-bond acceptors (Lipinski definition) is 5. The number of hydrogen-bond donors (Lipinski definition) is 2. The van der Waals surface area contributed by atoms with E-state index >= 15 is 0 Å². The lowest BCUT2D eigenvalue weighted by atomic mass is 10.0. The third kappa shape index (κ3) is 3.26. The van der Waals surface area contributed by atoms with Crippen LogP contribution < -0.4 is 10.5 Å². The number of ether oxygens (including phenoxy) is 1. The molecule has 0 saturated carbocycles. The fourth-order valence-corrected chi connectivity index (χ4v) is 3.19. The molecule has 2 heterocycles. The fraction of sp³-hybridized carbons (Fsp3) is 0. The van der Waals surface area contributed by atoms with Crippen LogP contribution >= 0.6 is 11.6 Å². The number of fused-ring (bicyclic) bond motifs is 1. The smallest absolute Gasteiger partial charge is 0.196 e. The molecule has 2 aromatic carbocycles. The first-order valence-electron chi connectivity index (χ1n) is 8.42. The minimum Gasteiger partial charge on any atom is -0.454 e. The van der Waals surface area contributed by atoms with E-state index in [1.807, 2.05) is 6.07 Å². The van der Waals surface area contributed by atoms with Crippen LogP contribution in [0.1, 0.15) is 21.5 Å². The quantitative estimate of drug-likeness (QED) is 0.472. The molecule has 0 bridgehead atoms. The number of pyridine rings is 1. The zero-order valence-corrected chi connectivity index (χ0v) is 15.5. The van der Waals surface area contributed by atoms with Crippen LogP contribution in [0.15, 0.2) is 54.9 Å². The number of nitrogens with one attached hydrogen (secondary N) is 1. The minimum absolute atomic E-state index is 0.0437. The average molecular weight is 407 g/mol. The molecule has 0 unspecified atom stereocenters. The van der Waals surface area contributed by atoms with Crippen molar-refractivity contribution in [1.29, 1.82) is 5.26 Å². The molecule has 6 nitrogen and oxygen atoms in total. The van der Waals surface area contributed by atoms with Gasteiger partial charge in [-0.2, -0.15) is 5.26 Å². The number of nitrogens with zero attached hydrogens (tertiary/aromatic N) is 2. The van der Waals surface area contributed by atoms with Crippen LogP contribution in [0.4, 0.5) is 10.1 Å². The largest absolute Gasteiger partial charge is 0.454 e. The maximum absolute atomic E-state index is 13.8. The SMILES string of the molecule is N#Cc1cnc2[nH]cc(C(=O)c3ccc(Oc4ccccc4F)cc3Cl)c2c1N. The first-order chi connectivity index (χ1) is 14.0. The number of nitriles is 1. The van der Waals surface area contributed by atoms with E-state index in [4.69, 9.17) is 27.3 Å². The zero-order chi connectivity index (χ0) is 20.5. The van der Waals surface area contributed by atoms with E-state index in [0.717, 1.165) is 0 Å². The van der Waals surface area contributed by atoms with Gasteiger partial charge in [0.05, 0.1) is 27.2 Å². The molecule has 3 N–H and O–H groups in total. The highest BCUT2D eigenvalue weighted by Gasteiger charge is 2.21. The molecule has 0 radical (unpaired) electrons. The summed E-state index contributed by atoms with van der Waals surface area (Å²) in [6, 6.07) is 12.3. The van der Waals surface area contributed by atoms with Gasteiger partial charge in [-0.15, -0.1) is 0 Å². The summed E-state index contributed by atoms with van der Waals surface area (Å²) in [5, 5.41) is 9.63. The topological polar surface area (TPSA) is 105 Å². The summed E-state index contributed by atoms with van der Waals surface area (Å²) in [4.78, 5) is 20.0. The van der Waals surface area contributed by atoms with Crippen LogP contribution in [-0.4, -0.2) is 15.8 Å². The lowest BCUT2D eigenvalue weighted by molar-refractivity contribution is 0.104. The Morgan fingerprint density at radius 3 is 2.76 bits per heavy atom. The van der Waals surface area contributed by atoms with Gasteiger partial charge in [-0.3, -0.25) is 4.79 Å². The standard InChI is InChI=1S/C21H12ClFN4O2/c22-15-7-12(29-17-4-2-1-3-16(17)23)5-6-13(15)20(28)14-10-27-21-18(14)19(25)11(8-24)9-26-21/h1-7,9-10H,(H3,25,26,27). The van der Waals surface area contributed by atoms with E-state index in [-0.39, 0.29) is 38.9 Å². The number of rotatable bonds is 4. The predicted molar refractivity (Wildman–Crippen MR) is 107 cm³/mol. The molecule has 142 valence electrons. The van der Waals surface area contributed by atoms with Gasteiger partial charge in [0.1, 0.15) is 17.5 Å². The highest BCUT2D eigenvalue weighted by Crippen LogP contribution is 2.32. The summed E-state index contributed by atoms with van der Waals surface area (Å²) >= 11 is 6.29. The number of H-pyrrole nitrogens is 1. The van der Waals surface area contributed by atoms with Crippen LogP contribution in [0.5, 0.6) is 11.5 Å². The molecule has 0 spiro atoms. The van der Waals surface area contributed by atoms with Crippen LogP contribution in [0.2, 0.25) is 5.02 Å². The highest BCUT2D eigenvalue weighted by atomic mass is 35.5. The van der Waals surface area contributed by atoms with E-state index in [9.17, 15) is 9.18 Å². The lowest BCUT2D eigenvalue weighted by Crippen LogP contribution is -2.03. The molecular weight excluding hydrogens is 395 g/mol. The number of carbonyl (C=O) groups is 1. The minimum atomic E-state index is -0.515. The number of anilines is 1. The Morgan fingerprint density at radius 2 is 2.03 bits per heavy atom. The van der Waals surface area contributed by atoms with Gasteiger partial charge in [0, 0.05) is 24.0 Å². The van der Waals surface area contributed by atoms with Crippen molar-refractivity contribution in [2.45, 2.75) is 0 Å². The summed E-state index contributed by atoms with van der Waals surface area (Å²) in [6.07, 6.45) is 2.81. The Kier molecular flexibility index (Phi) is 4.63. The molecular formula is C21H12ClFN4O2. The van der Waals surface area contributed by atoms with Crippen molar-refractivity contribution in [1.82, 2.24) is 9.97 Å². The Balaban J connectivity index is 1.71. The normalized spacial score (nSPS) is 10.7. The molecule has 8 heteroatoms. The number of aromatic amines is 1. The number of aromatic nitrogens is 2. The van der Waals surface area contributed by atoms with Crippen molar-refractivity contribution < 1.29 is 13.9 Å². The van der Waals surface area contributed by atoms with Gasteiger partial charge < -0.3 is 15.5 Å². The first-order valence-corrected chi connectivity index (χ1v) is 8.79. The van der Waals surface area contributed by atoms with Gasteiger partial charge in [-0.05, 0) is 24.3 Å². The summed E-state index contributed by atoms with van der Waals surface area (Å²) in [6.45, 7) is 0. The van der Waals surface area contributed by atoms with Gasteiger partial charge >= 0.3 is 0 Å². The summed E-state index contributed by atoms with van der Waals surface area (Å²) < 4.78 is 19.3. The van der Waals surface area contributed by atoms with Crippen molar-refractivity contribution in [2.24, 2.45) is 0 Å². The summed E-state index contributed by atoms with van der Waals surface area (Å²) in [5.41, 5.74) is 7.20. The Morgan fingerprint density at radius 1 is 1.24 bits per heavy atom. The number of benzene rings is 2. The predicted octanol–water partition coefficient (Wildman–Crippen LogP) is 4.83. The Labute approximate surface area is 169 Å². The van der Waals surface area contributed by atoms with Crippen molar-refractivity contribution in [3.63, 3.8) is 0 Å². The number of para-hydroxylation sites is 1. The monoisotopic (exact) mass is 406 g/mol. The lowest BCUT2D eigenvalue weighted by Gasteiger charge is -2.09. The van der Waals surface area contributed by atoms with E-state index in [0.29, 0.717) is 11.0 Å². The molecule has 29 heavy (non-hydrogen) atoms. The van der Waals surface area contributed by atoms with Gasteiger partial charge in [0.2, 0.25) is 0 Å². The molecule has 0 amide bonds. The van der Waals surface area contributed by atoms with Crippen LogP contribution in [-0.2, 0) is 0 Å². The van der Waals surface area contributed by atoms with E-state index in [1.165, 1.54) is 42.7 Å². The third-order valence-corrected chi connectivity index (χ3v) is 4.67. The van der Waals surface area contributed by atoms with E-state index in [1.54, 1.807) is 12.1 Å². The van der Waals surface area contributed by atoms with Gasteiger partial charge in [0.15, 0.2) is 17.3 Å². The molecule has 4 rings (SSSR count). The second-order valence-electron chi connectivity index (χ2n) is 6.13. The van der Waals surface area contributed by atoms with Gasteiger partial charge in [-0.1, -0.05) is 23.7 Å². The second-order valence-corrected chi connectivity index (χ2v) is 6.53. The summed E-state index contributed by atoms with van der Waals surface area (Å²) in [5.74, 6) is -0.591. The van der Waals surface area contributed by atoms with E-state index in [2.05, 4.69) is 9.97 Å². The van der Waals surface area contributed by atoms with Crippen LogP contribution in [0.25, 0.3) is 11.0 Å². The molecule has 0 aliphatic carbocycles. The number of carbonyl (C=O) groups excluding carboxylic acids is 1. The fourth-order valence-electron chi connectivity index (χ4n) is 2.93. The van der Waals surface area contributed by atoms with Crippen LogP contribution in [0, 0.1) is 17.1 Å². The van der Waals surface area contributed by atoms with Crippen molar-refractivity contribution in [3.8, 4) is 17.6 Å².